The van der Waals surface area contributed by atoms with E-state index in [0.29, 0.717) is 17.2 Å². The first-order valence-corrected chi connectivity index (χ1v) is 11.4. The van der Waals surface area contributed by atoms with Gasteiger partial charge in [-0.3, -0.25) is 14.4 Å². The fourth-order valence-electron chi connectivity index (χ4n) is 5.41. The number of carbonyl (C=O) groups is 3. The van der Waals surface area contributed by atoms with Crippen LogP contribution < -0.4 is 19.3 Å². The van der Waals surface area contributed by atoms with Crippen molar-refractivity contribution >= 4 is 35.0 Å². The quantitative estimate of drug-likeness (QED) is 0.648. The highest BCUT2D eigenvalue weighted by Gasteiger charge is 2.65. The van der Waals surface area contributed by atoms with Crippen LogP contribution in [0.2, 0.25) is 0 Å². The summed E-state index contributed by atoms with van der Waals surface area (Å²) in [6.45, 7) is 5.57. The van der Waals surface area contributed by atoms with Crippen molar-refractivity contribution in [1.29, 1.82) is 0 Å². The van der Waals surface area contributed by atoms with Gasteiger partial charge in [-0.25, -0.2) is 4.90 Å². The minimum atomic E-state index is -0.760. The van der Waals surface area contributed by atoms with Crippen LogP contribution in [-0.4, -0.2) is 43.9 Å². The fourth-order valence-corrected chi connectivity index (χ4v) is 5.41. The standard InChI is InChI=1S/C27H28N2O5/c1-27(2,3)24(30)23-22-21(20-12-6-15-14-18(34-5)11-13-19(15)29(20)23)25(31)28(26(22)32)16-7-9-17(33-4)10-8-16/h6-14,20-23H,1-5H3/t20-,21+,22+,23-/m1/s1. The number of benzene rings is 2. The number of Topliss-reactive ketones (excluding diaryl/α,β-unsaturated/α-hetero) is 1. The van der Waals surface area contributed by atoms with Gasteiger partial charge in [-0.15, -0.1) is 0 Å². The third-order valence-electron chi connectivity index (χ3n) is 7.05. The Hall–Kier alpha value is -3.61. The lowest BCUT2D eigenvalue weighted by Gasteiger charge is -2.38. The zero-order valence-electron chi connectivity index (χ0n) is 19.9. The molecule has 2 amide bonds. The molecule has 2 saturated heterocycles. The molecule has 5 rings (SSSR count). The van der Waals surface area contributed by atoms with Crippen LogP contribution in [0.1, 0.15) is 26.3 Å². The van der Waals surface area contributed by atoms with Crippen molar-refractivity contribution in [2.75, 3.05) is 24.0 Å². The summed E-state index contributed by atoms with van der Waals surface area (Å²) in [7, 11) is 3.17. The number of anilines is 2. The number of ether oxygens (including phenoxy) is 2. The Labute approximate surface area is 198 Å². The molecule has 34 heavy (non-hydrogen) atoms. The van der Waals surface area contributed by atoms with E-state index < -0.39 is 23.3 Å². The lowest BCUT2D eigenvalue weighted by atomic mass is 9.79. The van der Waals surface area contributed by atoms with Gasteiger partial charge in [-0.2, -0.15) is 0 Å². The number of fused-ring (bicyclic) bond motifs is 5. The molecule has 3 heterocycles. The largest absolute Gasteiger partial charge is 0.497 e. The molecule has 3 aliphatic heterocycles. The number of imide groups is 1. The van der Waals surface area contributed by atoms with Crippen LogP contribution in [0, 0.1) is 17.3 Å². The number of ketones is 1. The zero-order valence-corrected chi connectivity index (χ0v) is 19.9. The third kappa shape index (κ3) is 3.14. The molecule has 0 saturated carbocycles. The molecule has 176 valence electrons. The molecule has 0 radical (unpaired) electrons. The van der Waals surface area contributed by atoms with Gasteiger partial charge in [-0.05, 0) is 42.5 Å². The summed E-state index contributed by atoms with van der Waals surface area (Å²) in [5.41, 5.74) is 1.54. The van der Waals surface area contributed by atoms with Crippen LogP contribution in [0.15, 0.2) is 48.5 Å². The number of rotatable bonds is 4. The van der Waals surface area contributed by atoms with E-state index in [1.54, 1.807) is 38.5 Å². The lowest BCUT2D eigenvalue weighted by molar-refractivity contribution is -0.132. The molecule has 3 aliphatic rings. The van der Waals surface area contributed by atoms with Crippen LogP contribution in [0.5, 0.6) is 11.5 Å². The summed E-state index contributed by atoms with van der Waals surface area (Å²) in [4.78, 5) is 44.5. The van der Waals surface area contributed by atoms with Gasteiger partial charge in [0.15, 0.2) is 5.78 Å². The highest BCUT2D eigenvalue weighted by molar-refractivity contribution is 6.25. The third-order valence-corrected chi connectivity index (χ3v) is 7.05. The number of amides is 2. The number of carbonyl (C=O) groups excluding carboxylic acids is 3. The number of nitrogens with zero attached hydrogens (tertiary/aromatic N) is 2. The van der Waals surface area contributed by atoms with Crippen molar-refractivity contribution in [3.63, 3.8) is 0 Å². The van der Waals surface area contributed by atoms with E-state index in [-0.39, 0.29) is 23.6 Å². The van der Waals surface area contributed by atoms with E-state index in [4.69, 9.17) is 9.47 Å². The lowest BCUT2D eigenvalue weighted by Crippen LogP contribution is -2.51. The highest BCUT2D eigenvalue weighted by Crippen LogP contribution is 2.51. The molecule has 2 aromatic rings. The first-order chi connectivity index (χ1) is 16.2. The predicted octanol–water partition coefficient (Wildman–Crippen LogP) is 3.71. The molecule has 7 heteroatoms. The Kier molecular flexibility index (Phi) is 5.04. The van der Waals surface area contributed by atoms with E-state index in [0.717, 1.165) is 11.3 Å². The smallest absolute Gasteiger partial charge is 0.240 e. The minimum Gasteiger partial charge on any atom is -0.497 e. The van der Waals surface area contributed by atoms with Crippen molar-refractivity contribution < 1.29 is 23.9 Å². The molecule has 0 aliphatic carbocycles. The van der Waals surface area contributed by atoms with Gasteiger partial charge in [0.25, 0.3) is 0 Å². The molecule has 2 fully saturated rings. The summed E-state index contributed by atoms with van der Waals surface area (Å²) in [5.74, 6) is -0.724. The van der Waals surface area contributed by atoms with Crippen molar-refractivity contribution in [2.45, 2.75) is 32.9 Å². The van der Waals surface area contributed by atoms with Gasteiger partial charge in [0, 0.05) is 16.7 Å². The zero-order chi connectivity index (χ0) is 24.4. The molecule has 0 bridgehead atoms. The molecule has 2 aromatic carbocycles. The predicted molar refractivity (Wildman–Crippen MR) is 129 cm³/mol. The van der Waals surface area contributed by atoms with Crippen molar-refractivity contribution in [1.82, 2.24) is 0 Å². The molecular weight excluding hydrogens is 432 g/mol. The van der Waals surface area contributed by atoms with Crippen LogP contribution in [0.4, 0.5) is 11.4 Å². The van der Waals surface area contributed by atoms with Gasteiger partial charge in [-0.1, -0.05) is 32.9 Å². The second-order valence-electron chi connectivity index (χ2n) is 10.0. The maximum absolute atomic E-state index is 13.8. The Balaban J connectivity index is 1.62. The van der Waals surface area contributed by atoms with Crippen molar-refractivity contribution in [3.8, 4) is 11.5 Å². The van der Waals surface area contributed by atoms with Crippen LogP contribution in [0.25, 0.3) is 6.08 Å². The maximum Gasteiger partial charge on any atom is 0.240 e. The fraction of sp³-hybridized carbons (Fsp3) is 0.370. The summed E-state index contributed by atoms with van der Waals surface area (Å²) < 4.78 is 10.6. The maximum atomic E-state index is 13.8. The van der Waals surface area contributed by atoms with E-state index >= 15 is 0 Å². The summed E-state index contributed by atoms with van der Waals surface area (Å²) in [6, 6.07) is 11.4. The molecular formula is C27H28N2O5. The molecule has 0 N–H and O–H groups in total. The second-order valence-corrected chi connectivity index (χ2v) is 10.0. The average molecular weight is 461 g/mol. The number of methoxy groups -OCH3 is 2. The monoisotopic (exact) mass is 460 g/mol. The number of hydrogen-bond acceptors (Lipinski definition) is 6. The normalized spacial score (nSPS) is 25.2. The van der Waals surface area contributed by atoms with Crippen molar-refractivity contribution in [2.24, 2.45) is 17.3 Å². The van der Waals surface area contributed by atoms with E-state index in [1.165, 1.54) is 4.90 Å². The van der Waals surface area contributed by atoms with Gasteiger partial charge < -0.3 is 14.4 Å². The highest BCUT2D eigenvalue weighted by atomic mass is 16.5. The average Bonchev–Trinajstić information content (AvgIpc) is 3.30. The summed E-state index contributed by atoms with van der Waals surface area (Å²) in [6.07, 6.45) is 3.89. The van der Waals surface area contributed by atoms with E-state index in [1.807, 2.05) is 56.0 Å². The second kappa shape index (κ2) is 7.72. The van der Waals surface area contributed by atoms with Crippen molar-refractivity contribution in [3.05, 3.63) is 54.1 Å². The summed E-state index contributed by atoms with van der Waals surface area (Å²) in [5, 5.41) is 0. The molecule has 0 aromatic heterocycles. The van der Waals surface area contributed by atoms with Crippen LogP contribution in [-0.2, 0) is 14.4 Å². The van der Waals surface area contributed by atoms with Crippen LogP contribution >= 0.6 is 0 Å². The first-order valence-electron chi connectivity index (χ1n) is 11.4. The van der Waals surface area contributed by atoms with Crippen LogP contribution in [0.3, 0.4) is 0 Å². The van der Waals surface area contributed by atoms with E-state index in [9.17, 15) is 14.4 Å². The molecule has 0 spiro atoms. The minimum absolute atomic E-state index is 0.0557. The Morgan fingerprint density at radius 3 is 2.12 bits per heavy atom. The molecule has 0 unspecified atom stereocenters. The summed E-state index contributed by atoms with van der Waals surface area (Å²) >= 11 is 0. The molecule has 4 atom stereocenters. The van der Waals surface area contributed by atoms with Gasteiger partial charge in [0.1, 0.15) is 17.5 Å². The Morgan fingerprint density at radius 1 is 0.882 bits per heavy atom. The first kappa shape index (κ1) is 22.2. The van der Waals surface area contributed by atoms with Gasteiger partial charge in [0.05, 0.1) is 37.8 Å². The Morgan fingerprint density at radius 2 is 1.50 bits per heavy atom. The van der Waals surface area contributed by atoms with E-state index in [2.05, 4.69) is 0 Å². The molecule has 7 nitrogen and oxygen atoms in total. The van der Waals surface area contributed by atoms with Gasteiger partial charge >= 0.3 is 0 Å². The topological polar surface area (TPSA) is 76.2 Å². The van der Waals surface area contributed by atoms with Gasteiger partial charge in [0.2, 0.25) is 11.8 Å². The SMILES string of the molecule is COc1ccc(N2C(=O)[C@@H]3[C@H](C2=O)[C@H](C(=O)C(C)(C)C)N2c4ccc(OC)cc4C=C[C@H]32)cc1. The Bertz CT molecular complexity index is 1210. The number of hydrogen-bond donors (Lipinski definition) is 0.